The third-order valence-corrected chi connectivity index (χ3v) is 2.75. The molecule has 0 heterocycles. The number of ketones is 1. The minimum atomic E-state index is -1.10. The van der Waals surface area contributed by atoms with E-state index in [4.69, 9.17) is 16.9 Å². The van der Waals surface area contributed by atoms with E-state index in [1.54, 1.807) is 6.92 Å². The summed E-state index contributed by atoms with van der Waals surface area (Å²) in [7, 11) is 0. The van der Waals surface area contributed by atoms with Crippen molar-refractivity contribution in [1.29, 1.82) is 5.41 Å². The minimum Gasteiger partial charge on any atom is -0.454 e. The van der Waals surface area contributed by atoms with Crippen LogP contribution in [0.15, 0.2) is 29.5 Å². The highest BCUT2D eigenvalue weighted by Crippen LogP contribution is 2.13. The summed E-state index contributed by atoms with van der Waals surface area (Å²) in [5, 5.41) is 7.27. The molecule has 1 aromatic rings. The number of carbonyl (C=O) groups excluding carboxylic acids is 2. The van der Waals surface area contributed by atoms with Crippen LogP contribution in [0.25, 0.3) is 0 Å². The molecule has 0 aliphatic heterocycles. The van der Waals surface area contributed by atoms with Gasteiger partial charge in [0.05, 0.1) is 5.56 Å². The number of ether oxygens (including phenoxy) is 1. The molecule has 0 spiro atoms. The van der Waals surface area contributed by atoms with Crippen LogP contribution < -0.4 is 11.5 Å². The summed E-state index contributed by atoms with van der Waals surface area (Å²) < 4.78 is 31.5. The van der Waals surface area contributed by atoms with E-state index >= 15 is 0 Å². The fraction of sp³-hybridized carbons (Fsp3) is 0.214. The quantitative estimate of drug-likeness (QED) is 0.240. The van der Waals surface area contributed by atoms with Crippen molar-refractivity contribution < 1.29 is 23.1 Å². The maximum Gasteiger partial charge on any atom is 0.344 e. The molecule has 0 aromatic heterocycles. The van der Waals surface area contributed by atoms with Gasteiger partial charge in [0.15, 0.2) is 6.61 Å². The van der Waals surface area contributed by atoms with E-state index in [2.05, 4.69) is 4.74 Å². The van der Waals surface area contributed by atoms with Crippen LogP contribution in [0.2, 0.25) is 0 Å². The molecule has 5 N–H and O–H groups in total. The molecular formula is C14H15F2N3O3. The van der Waals surface area contributed by atoms with Crippen LogP contribution in [0, 0.1) is 17.0 Å². The van der Waals surface area contributed by atoms with Crippen molar-refractivity contribution in [1.82, 2.24) is 0 Å². The van der Waals surface area contributed by atoms with Gasteiger partial charge in [0.25, 0.3) is 0 Å². The van der Waals surface area contributed by atoms with Gasteiger partial charge in [-0.2, -0.15) is 0 Å². The second kappa shape index (κ2) is 7.30. The molecule has 0 atom stereocenters. The van der Waals surface area contributed by atoms with Crippen LogP contribution in [0.3, 0.4) is 0 Å². The van der Waals surface area contributed by atoms with Gasteiger partial charge in [0, 0.05) is 5.70 Å². The Morgan fingerprint density at radius 1 is 1.23 bits per heavy atom. The van der Waals surface area contributed by atoms with E-state index in [1.807, 2.05) is 0 Å². The maximum absolute atomic E-state index is 13.4. The van der Waals surface area contributed by atoms with Crippen molar-refractivity contribution in [3.05, 3.63) is 46.7 Å². The number of benzene rings is 1. The molecule has 0 aliphatic rings. The minimum absolute atomic E-state index is 0.0158. The highest BCUT2D eigenvalue weighted by Gasteiger charge is 2.22. The Bertz CT molecular complexity index is 636. The van der Waals surface area contributed by atoms with Crippen molar-refractivity contribution in [3.8, 4) is 0 Å². The summed E-state index contributed by atoms with van der Waals surface area (Å²) in [6.45, 7) is 0.732. The van der Waals surface area contributed by atoms with Crippen LogP contribution in [-0.4, -0.2) is 24.2 Å². The summed E-state index contributed by atoms with van der Waals surface area (Å²) in [4.78, 5) is 23.5. The van der Waals surface area contributed by atoms with Gasteiger partial charge in [0.1, 0.15) is 23.0 Å². The van der Waals surface area contributed by atoms with Gasteiger partial charge in [-0.1, -0.05) is 13.0 Å². The van der Waals surface area contributed by atoms with Crippen LogP contribution in [0.1, 0.15) is 23.7 Å². The summed E-state index contributed by atoms with van der Waals surface area (Å²) in [5.74, 6) is -4.89. The zero-order chi connectivity index (χ0) is 16.9. The Balaban J connectivity index is 2.88. The van der Waals surface area contributed by atoms with Crippen LogP contribution in [-0.2, 0) is 9.53 Å². The molecule has 0 saturated carbocycles. The third kappa shape index (κ3) is 3.87. The largest absolute Gasteiger partial charge is 0.454 e. The maximum atomic E-state index is 13.4. The predicted octanol–water partition coefficient (Wildman–Crippen LogP) is 1.25. The molecule has 0 bridgehead atoms. The van der Waals surface area contributed by atoms with Gasteiger partial charge in [-0.3, -0.25) is 10.2 Å². The summed E-state index contributed by atoms with van der Waals surface area (Å²) in [6, 6.07) is 2.92. The lowest BCUT2D eigenvalue weighted by Gasteiger charge is -2.10. The van der Waals surface area contributed by atoms with E-state index in [9.17, 15) is 18.4 Å². The average molecular weight is 311 g/mol. The number of nitrogens with two attached hydrogens (primary N) is 2. The molecule has 0 saturated heterocycles. The summed E-state index contributed by atoms with van der Waals surface area (Å²) >= 11 is 0. The lowest BCUT2D eigenvalue weighted by molar-refractivity contribution is -0.137. The molecular weight excluding hydrogens is 296 g/mol. The number of carbonyl (C=O) groups is 2. The molecule has 0 radical (unpaired) electrons. The summed E-state index contributed by atoms with van der Waals surface area (Å²) in [6.07, 6.45) is 0.236. The van der Waals surface area contributed by atoms with E-state index in [1.165, 1.54) is 0 Å². The Kier molecular flexibility index (Phi) is 5.73. The van der Waals surface area contributed by atoms with Crippen molar-refractivity contribution in [2.75, 3.05) is 6.61 Å². The van der Waals surface area contributed by atoms with E-state index in [-0.39, 0.29) is 17.7 Å². The van der Waals surface area contributed by atoms with Crippen LogP contribution in [0.4, 0.5) is 8.78 Å². The lowest BCUT2D eigenvalue weighted by atomic mass is 10.1. The van der Waals surface area contributed by atoms with E-state index < -0.39 is 41.4 Å². The highest BCUT2D eigenvalue weighted by molar-refractivity contribution is 6.17. The molecule has 118 valence electrons. The monoisotopic (exact) mass is 311 g/mol. The molecule has 0 amide bonds. The van der Waals surface area contributed by atoms with Crippen molar-refractivity contribution >= 4 is 17.6 Å². The topological polar surface area (TPSA) is 119 Å². The molecule has 0 fully saturated rings. The zero-order valence-corrected chi connectivity index (χ0v) is 11.8. The molecule has 8 heteroatoms. The number of nitrogens with one attached hydrogen (secondary N) is 1. The average Bonchev–Trinajstić information content (AvgIpc) is 2.44. The van der Waals surface area contributed by atoms with Crippen LogP contribution in [0.5, 0.6) is 0 Å². The van der Waals surface area contributed by atoms with Crippen LogP contribution >= 0.6 is 0 Å². The highest BCUT2D eigenvalue weighted by atomic mass is 19.1. The molecule has 1 aromatic carbocycles. The molecule has 1 rings (SSSR count). The van der Waals surface area contributed by atoms with Crippen molar-refractivity contribution in [3.63, 3.8) is 0 Å². The number of esters is 1. The second-order valence-electron chi connectivity index (χ2n) is 4.26. The molecule has 0 unspecified atom stereocenters. The zero-order valence-electron chi connectivity index (χ0n) is 11.8. The first-order valence-electron chi connectivity index (χ1n) is 6.26. The number of hydrogen-bond donors (Lipinski definition) is 3. The fourth-order valence-corrected chi connectivity index (χ4v) is 1.63. The van der Waals surface area contributed by atoms with Gasteiger partial charge in [-0.05, 0) is 18.6 Å². The Morgan fingerprint density at radius 3 is 2.23 bits per heavy atom. The van der Waals surface area contributed by atoms with Gasteiger partial charge in [-0.25, -0.2) is 13.6 Å². The second-order valence-corrected chi connectivity index (χ2v) is 4.26. The molecule has 22 heavy (non-hydrogen) atoms. The smallest absolute Gasteiger partial charge is 0.344 e. The fourth-order valence-electron chi connectivity index (χ4n) is 1.63. The SMILES string of the molecule is CCC(N)=C(C(=N)N)C(=O)OCC(=O)c1c(F)cccc1F. The number of hydrogen-bond acceptors (Lipinski definition) is 5. The standard InChI is InChI=1S/C14H15F2N3O3/c1-2-9(17)12(13(18)19)14(21)22-6-10(20)11-7(15)4-3-5-8(11)16/h3-5H,2,6,17H2,1H3,(H3,18,19). The molecule has 0 aliphatic carbocycles. The van der Waals surface area contributed by atoms with Gasteiger partial charge in [0.2, 0.25) is 5.78 Å². The number of amidine groups is 1. The Morgan fingerprint density at radius 2 is 1.77 bits per heavy atom. The third-order valence-electron chi connectivity index (χ3n) is 2.75. The van der Waals surface area contributed by atoms with E-state index in [0.29, 0.717) is 0 Å². The summed E-state index contributed by atoms with van der Waals surface area (Å²) in [5.41, 5.74) is 9.60. The number of allylic oxidation sites excluding steroid dienone is 1. The Labute approximate surface area is 125 Å². The number of Topliss-reactive ketones (excluding diaryl/α,β-unsaturated/α-hetero) is 1. The van der Waals surface area contributed by atoms with Crippen molar-refractivity contribution in [2.45, 2.75) is 13.3 Å². The first-order chi connectivity index (χ1) is 10.3. The van der Waals surface area contributed by atoms with Gasteiger partial charge < -0.3 is 16.2 Å². The van der Waals surface area contributed by atoms with E-state index in [0.717, 1.165) is 18.2 Å². The predicted molar refractivity (Wildman–Crippen MR) is 75.1 cm³/mol. The first-order valence-corrected chi connectivity index (χ1v) is 6.26. The van der Waals surface area contributed by atoms with Gasteiger partial charge >= 0.3 is 5.97 Å². The molecule has 6 nitrogen and oxygen atoms in total. The first kappa shape index (κ1) is 17.3. The lowest BCUT2D eigenvalue weighted by Crippen LogP contribution is -2.27. The van der Waals surface area contributed by atoms with Crippen molar-refractivity contribution in [2.24, 2.45) is 11.5 Å². The normalized spacial score (nSPS) is 11.6. The Hall–Kier alpha value is -2.77. The number of rotatable bonds is 6. The van der Waals surface area contributed by atoms with Gasteiger partial charge in [-0.15, -0.1) is 0 Å². The number of halogens is 2.